The molecule has 0 bridgehead atoms. The molecular weight excluding hydrogens is 672 g/mol. The molecule has 0 aromatic heterocycles. The summed E-state index contributed by atoms with van der Waals surface area (Å²) in [7, 11) is 0. The lowest BCUT2D eigenvalue weighted by Gasteiger charge is -2.09. The van der Waals surface area contributed by atoms with Gasteiger partial charge in [0.1, 0.15) is 30.5 Å². The first-order valence-electron chi connectivity index (χ1n) is 16.1. The van der Waals surface area contributed by atoms with Crippen LogP contribution < -0.4 is 14.2 Å². The van der Waals surface area contributed by atoms with E-state index in [4.69, 9.17) is 33.2 Å². The zero-order valence-corrected chi connectivity index (χ0v) is 28.2. The van der Waals surface area contributed by atoms with E-state index in [1.807, 2.05) is 0 Å². The van der Waals surface area contributed by atoms with E-state index < -0.39 is 29.8 Å². The van der Waals surface area contributed by atoms with Gasteiger partial charge >= 0.3 is 29.8 Å². The van der Waals surface area contributed by atoms with Crippen molar-refractivity contribution in [1.82, 2.24) is 0 Å². The molecule has 0 saturated carbocycles. The molecular formula is C40H36O12. The number of carbonyl (C=O) groups excluding carboxylic acids is 5. The fourth-order valence-corrected chi connectivity index (χ4v) is 4.31. The molecule has 0 spiro atoms. The largest absolute Gasteiger partial charge is 0.491 e. The number of benzene rings is 4. The van der Waals surface area contributed by atoms with E-state index in [1.54, 1.807) is 72.8 Å². The molecule has 0 heterocycles. The molecule has 0 atom stereocenters. The van der Waals surface area contributed by atoms with Crippen molar-refractivity contribution in [3.05, 3.63) is 139 Å². The quantitative estimate of drug-likeness (QED) is 0.0359. The van der Waals surface area contributed by atoms with E-state index in [-0.39, 0.29) is 51.0 Å². The van der Waals surface area contributed by atoms with Gasteiger partial charge < -0.3 is 33.2 Å². The number of ether oxygens (including phenoxy) is 7. The highest BCUT2D eigenvalue weighted by molar-refractivity contribution is 5.93. The number of hydrogen-bond acceptors (Lipinski definition) is 12. The zero-order chi connectivity index (χ0) is 37.1. The van der Waals surface area contributed by atoms with Crippen LogP contribution in [0, 0.1) is 0 Å². The van der Waals surface area contributed by atoms with Crippen molar-refractivity contribution in [2.45, 2.75) is 6.42 Å². The Morgan fingerprint density at radius 3 is 1.38 bits per heavy atom. The predicted molar refractivity (Wildman–Crippen MR) is 188 cm³/mol. The minimum Gasteiger partial charge on any atom is -0.491 e. The fourth-order valence-electron chi connectivity index (χ4n) is 4.31. The van der Waals surface area contributed by atoms with Gasteiger partial charge in [-0.15, -0.1) is 0 Å². The van der Waals surface area contributed by atoms with Gasteiger partial charge in [0.2, 0.25) is 0 Å². The summed E-state index contributed by atoms with van der Waals surface area (Å²) in [5.41, 5.74) is 2.61. The molecule has 4 rings (SSSR count). The molecule has 4 aromatic carbocycles. The van der Waals surface area contributed by atoms with E-state index in [0.717, 1.165) is 23.3 Å². The molecule has 0 unspecified atom stereocenters. The summed E-state index contributed by atoms with van der Waals surface area (Å²) in [6, 6.07) is 26.1. The van der Waals surface area contributed by atoms with E-state index in [0.29, 0.717) is 29.0 Å². The Morgan fingerprint density at radius 2 is 0.846 bits per heavy atom. The second kappa shape index (κ2) is 20.2. The first-order chi connectivity index (χ1) is 25.2. The second-order valence-corrected chi connectivity index (χ2v) is 10.6. The van der Waals surface area contributed by atoms with Crippen molar-refractivity contribution in [3.63, 3.8) is 0 Å². The lowest BCUT2D eigenvalue weighted by atomic mass is 10.0. The minimum absolute atomic E-state index is 0.107. The van der Waals surface area contributed by atoms with Gasteiger partial charge in [0.05, 0.1) is 43.1 Å². The van der Waals surface area contributed by atoms with Crippen molar-refractivity contribution in [2.24, 2.45) is 0 Å². The molecule has 12 heteroatoms. The van der Waals surface area contributed by atoms with Crippen LogP contribution in [-0.2, 0) is 28.5 Å². The Bertz CT molecular complexity index is 1830. The van der Waals surface area contributed by atoms with Gasteiger partial charge in [-0.05, 0) is 83.9 Å². The zero-order valence-electron chi connectivity index (χ0n) is 28.2. The summed E-state index contributed by atoms with van der Waals surface area (Å²) in [6.07, 6.45) is 2.52. The summed E-state index contributed by atoms with van der Waals surface area (Å²) in [5, 5.41) is 0. The molecule has 0 saturated heterocycles. The molecule has 0 radical (unpaired) electrons. The Balaban J connectivity index is 1.18. The molecule has 0 aliphatic rings. The average molecular weight is 709 g/mol. The number of rotatable bonds is 19. The minimum atomic E-state index is -0.593. The van der Waals surface area contributed by atoms with Crippen LogP contribution in [0.5, 0.6) is 17.2 Å². The van der Waals surface area contributed by atoms with Crippen molar-refractivity contribution in [3.8, 4) is 28.4 Å². The summed E-state index contributed by atoms with van der Waals surface area (Å²) < 4.78 is 36.7. The standard InChI is InChI=1S/C40H36O12/c1-3-36(41)48-22-5-23-50-38(43)30-8-6-28(7-9-30)29-10-18-34(19-11-29)51-40(45)32-14-20-35(21-15-32)52-39(44)31-12-16-33(17-13-31)47-26-24-46-25-27-49-37(42)4-2/h3-4,6-21H,1-2,5,22-27H2. The van der Waals surface area contributed by atoms with Crippen LogP contribution in [-0.4, -0.2) is 69.5 Å². The highest BCUT2D eigenvalue weighted by Crippen LogP contribution is 2.24. The van der Waals surface area contributed by atoms with E-state index in [1.165, 1.54) is 24.3 Å². The number of esters is 5. The van der Waals surface area contributed by atoms with Gasteiger partial charge in [-0.25, -0.2) is 24.0 Å². The van der Waals surface area contributed by atoms with Gasteiger partial charge in [-0.3, -0.25) is 0 Å². The van der Waals surface area contributed by atoms with Crippen molar-refractivity contribution < 1.29 is 57.1 Å². The van der Waals surface area contributed by atoms with E-state index >= 15 is 0 Å². The molecule has 0 fully saturated rings. The maximum Gasteiger partial charge on any atom is 0.343 e. The van der Waals surface area contributed by atoms with Crippen LogP contribution in [0.4, 0.5) is 0 Å². The third-order valence-electron chi connectivity index (χ3n) is 6.98. The predicted octanol–water partition coefficient (Wildman–Crippen LogP) is 6.19. The fraction of sp³-hybridized carbons (Fsp3) is 0.175. The van der Waals surface area contributed by atoms with Crippen LogP contribution in [0.2, 0.25) is 0 Å². The summed E-state index contributed by atoms with van der Waals surface area (Å²) in [5.74, 6) is -1.61. The average Bonchev–Trinajstić information content (AvgIpc) is 3.17. The normalized spacial score (nSPS) is 10.3. The third-order valence-corrected chi connectivity index (χ3v) is 6.98. The maximum atomic E-state index is 12.7. The molecule has 12 nitrogen and oxygen atoms in total. The third kappa shape index (κ3) is 12.4. The topological polar surface area (TPSA) is 150 Å². The smallest absolute Gasteiger partial charge is 0.343 e. The highest BCUT2D eigenvalue weighted by atomic mass is 16.6. The Hall–Kier alpha value is -6.53. The molecule has 0 aliphatic carbocycles. The number of hydrogen-bond donors (Lipinski definition) is 0. The van der Waals surface area contributed by atoms with Gasteiger partial charge in [0.15, 0.2) is 0 Å². The monoisotopic (exact) mass is 708 g/mol. The lowest BCUT2D eigenvalue weighted by molar-refractivity contribution is -0.139. The van der Waals surface area contributed by atoms with Crippen molar-refractivity contribution >= 4 is 29.8 Å². The first kappa shape index (κ1) is 38.3. The highest BCUT2D eigenvalue weighted by Gasteiger charge is 2.13. The van der Waals surface area contributed by atoms with E-state index in [9.17, 15) is 24.0 Å². The summed E-state index contributed by atoms with van der Waals surface area (Å²) in [6.45, 7) is 7.75. The maximum absolute atomic E-state index is 12.7. The molecule has 268 valence electrons. The van der Waals surface area contributed by atoms with Crippen molar-refractivity contribution in [1.29, 1.82) is 0 Å². The van der Waals surface area contributed by atoms with Crippen LogP contribution in [0.15, 0.2) is 122 Å². The Labute approximate surface area is 300 Å². The molecule has 0 aliphatic heterocycles. The van der Waals surface area contributed by atoms with Gasteiger partial charge in [-0.1, -0.05) is 37.4 Å². The number of carbonyl (C=O) groups is 5. The van der Waals surface area contributed by atoms with Gasteiger partial charge in [0, 0.05) is 18.6 Å². The van der Waals surface area contributed by atoms with Crippen LogP contribution in [0.3, 0.4) is 0 Å². The summed E-state index contributed by atoms with van der Waals surface area (Å²) >= 11 is 0. The first-order valence-corrected chi connectivity index (χ1v) is 16.1. The van der Waals surface area contributed by atoms with Crippen LogP contribution in [0.25, 0.3) is 11.1 Å². The summed E-state index contributed by atoms with van der Waals surface area (Å²) in [4.78, 5) is 59.7. The van der Waals surface area contributed by atoms with Gasteiger partial charge in [0.25, 0.3) is 0 Å². The SMILES string of the molecule is C=CC(=O)OCCCOC(=O)c1ccc(-c2ccc(OC(=O)c3ccc(OC(=O)c4ccc(OCCOCCOC(=O)C=C)cc4)cc3)cc2)cc1. The molecule has 0 amide bonds. The molecule has 52 heavy (non-hydrogen) atoms. The van der Waals surface area contributed by atoms with Gasteiger partial charge in [-0.2, -0.15) is 0 Å². The van der Waals surface area contributed by atoms with E-state index in [2.05, 4.69) is 13.2 Å². The lowest BCUT2D eigenvalue weighted by Crippen LogP contribution is -2.12. The molecule has 4 aromatic rings. The Morgan fingerprint density at radius 1 is 0.442 bits per heavy atom. The second-order valence-electron chi connectivity index (χ2n) is 10.6. The van der Waals surface area contributed by atoms with Crippen LogP contribution >= 0.6 is 0 Å². The molecule has 0 N–H and O–H groups in total. The van der Waals surface area contributed by atoms with Crippen LogP contribution in [0.1, 0.15) is 37.5 Å². The van der Waals surface area contributed by atoms with Crippen molar-refractivity contribution in [2.75, 3.05) is 39.6 Å². The Kier molecular flexibility index (Phi) is 14.9.